The second kappa shape index (κ2) is 13.5. The molecule has 0 radical (unpaired) electrons. The number of ketones is 1. The van der Waals surface area contributed by atoms with Crippen LogP contribution >= 0.6 is 0 Å². The number of halogens is 5. The third kappa shape index (κ3) is 6.63. The van der Waals surface area contributed by atoms with Gasteiger partial charge in [-0.25, -0.2) is 23.1 Å². The van der Waals surface area contributed by atoms with Crippen molar-refractivity contribution in [2.24, 2.45) is 23.7 Å². The van der Waals surface area contributed by atoms with E-state index in [0.717, 1.165) is 63.3 Å². The minimum absolute atomic E-state index is 0.0142. The van der Waals surface area contributed by atoms with Crippen molar-refractivity contribution in [1.29, 1.82) is 0 Å². The molecule has 1 amide bonds. The molecule has 6 saturated carbocycles. The van der Waals surface area contributed by atoms with Gasteiger partial charge in [0.25, 0.3) is 17.8 Å². The molecular formula is C42H50F5N5O3. The zero-order valence-corrected chi connectivity index (χ0v) is 31.5. The maximum Gasteiger partial charge on any atom is 0.287 e. The predicted molar refractivity (Wildman–Crippen MR) is 196 cm³/mol. The SMILES string of the molecule is CC(=O)C1(NC(=O)c2cnc(-c3cn(C4CCC(F)CC4)c4cc(OC5CCC(N6CC(F)(F)C6)CC5)ccc34)nc2C(C)(F)F)C2CC3CC(C2)CC1C3. The van der Waals surface area contributed by atoms with Gasteiger partial charge in [0, 0.05) is 48.4 Å². The van der Waals surface area contributed by atoms with Crippen molar-refractivity contribution in [2.45, 2.75) is 139 Å². The average molecular weight is 768 g/mol. The predicted octanol–water partition coefficient (Wildman–Crippen LogP) is 8.82. The van der Waals surface area contributed by atoms with Gasteiger partial charge in [0.15, 0.2) is 11.6 Å². The molecule has 3 heterocycles. The van der Waals surface area contributed by atoms with Crippen molar-refractivity contribution >= 4 is 22.6 Å². The number of nitrogens with one attached hydrogen (secondary N) is 1. The summed E-state index contributed by atoms with van der Waals surface area (Å²) in [5, 5.41) is 3.73. The summed E-state index contributed by atoms with van der Waals surface area (Å²) in [6.45, 7) is 1.87. The third-order valence-corrected chi connectivity index (χ3v) is 14.2. The van der Waals surface area contributed by atoms with Gasteiger partial charge in [-0.3, -0.25) is 14.5 Å². The number of nitrogens with zero attached hydrogens (tertiary/aromatic N) is 4. The van der Waals surface area contributed by atoms with Crippen LogP contribution in [0.3, 0.4) is 0 Å². The molecule has 1 aliphatic heterocycles. The van der Waals surface area contributed by atoms with Crippen LogP contribution in [-0.2, 0) is 10.7 Å². The van der Waals surface area contributed by atoms with Crippen LogP contribution in [0.2, 0.25) is 0 Å². The Morgan fingerprint density at radius 3 is 2.15 bits per heavy atom. The van der Waals surface area contributed by atoms with Crippen molar-refractivity contribution in [3.05, 3.63) is 41.9 Å². The monoisotopic (exact) mass is 767 g/mol. The molecule has 7 aliphatic rings. The summed E-state index contributed by atoms with van der Waals surface area (Å²) in [6.07, 6.45) is 11.7. The molecular weight excluding hydrogens is 717 g/mol. The number of fused-ring (bicyclic) bond motifs is 1. The van der Waals surface area contributed by atoms with E-state index in [1.165, 1.54) is 13.1 Å². The first-order chi connectivity index (χ1) is 26.2. The van der Waals surface area contributed by atoms with Crippen LogP contribution in [0.25, 0.3) is 22.3 Å². The standard InChI is InChI=1S/C42H50F5N5O3/c1-23(53)42(26-14-24-13-25(16-26)17-27(42)15-24)50-39(54)34-19-48-38(49-37(34)40(2,44)45)35-20-52(30-5-3-28(43)4-6-30)36-18-32(11-12-33(35)36)55-31-9-7-29(8-10-31)51-21-41(46,47)22-51/h11-12,18-20,24-31H,3-10,13-17,21-22H2,1-2H3,(H,50,54). The molecule has 7 fully saturated rings. The maximum absolute atomic E-state index is 15.5. The Labute approximate surface area is 318 Å². The highest BCUT2D eigenvalue weighted by Gasteiger charge is 2.60. The first-order valence-corrected chi connectivity index (χ1v) is 20.3. The first-order valence-electron chi connectivity index (χ1n) is 20.3. The second-order valence-corrected chi connectivity index (χ2v) is 17.9. The largest absolute Gasteiger partial charge is 0.490 e. The van der Waals surface area contributed by atoms with E-state index in [1.807, 2.05) is 29.3 Å². The highest BCUT2D eigenvalue weighted by atomic mass is 19.3. The van der Waals surface area contributed by atoms with E-state index in [0.29, 0.717) is 61.1 Å². The molecule has 1 N–H and O–H groups in total. The number of alkyl halides is 5. The van der Waals surface area contributed by atoms with Crippen LogP contribution in [0.1, 0.15) is 119 Å². The van der Waals surface area contributed by atoms with Crippen LogP contribution in [-0.4, -0.2) is 74.0 Å². The molecule has 296 valence electrons. The quantitative estimate of drug-likeness (QED) is 0.219. The summed E-state index contributed by atoms with van der Waals surface area (Å²) < 4.78 is 80.7. The Kier molecular flexibility index (Phi) is 9.09. The number of aromatic nitrogens is 3. The summed E-state index contributed by atoms with van der Waals surface area (Å²) in [5.41, 5.74) is -0.833. The lowest BCUT2D eigenvalue weighted by Gasteiger charge is -2.60. The zero-order chi connectivity index (χ0) is 38.4. The lowest BCUT2D eigenvalue weighted by atomic mass is 9.47. The minimum atomic E-state index is -3.49. The van der Waals surface area contributed by atoms with Crippen LogP contribution in [0.5, 0.6) is 5.75 Å². The van der Waals surface area contributed by atoms with E-state index in [1.54, 1.807) is 0 Å². The number of Topliss-reactive ketones (excluding diaryl/α,β-unsaturated/α-hetero) is 1. The Morgan fingerprint density at radius 2 is 1.55 bits per heavy atom. The smallest absolute Gasteiger partial charge is 0.287 e. The number of carbonyl (C=O) groups is 2. The number of carbonyl (C=O) groups excluding carboxylic acids is 2. The summed E-state index contributed by atoms with van der Waals surface area (Å²) in [5.74, 6) is -5.24. The van der Waals surface area contributed by atoms with Gasteiger partial charge in [-0.1, -0.05) is 0 Å². The van der Waals surface area contributed by atoms with Gasteiger partial charge in [-0.15, -0.1) is 0 Å². The Bertz CT molecular complexity index is 1940. The highest BCUT2D eigenvalue weighted by Crippen LogP contribution is 2.58. The van der Waals surface area contributed by atoms with Crippen molar-refractivity contribution in [2.75, 3.05) is 13.1 Å². The number of ether oxygens (including phenoxy) is 1. The Hall–Kier alpha value is -3.61. The summed E-state index contributed by atoms with van der Waals surface area (Å²) in [4.78, 5) is 38.2. The number of rotatable bonds is 9. The number of likely N-dealkylation sites (tertiary alicyclic amines) is 1. The molecule has 2 aromatic heterocycles. The molecule has 0 atom stereocenters. The molecule has 4 bridgehead atoms. The van der Waals surface area contributed by atoms with Crippen LogP contribution in [0.4, 0.5) is 22.0 Å². The Balaban J connectivity index is 1.01. The molecule has 6 aliphatic carbocycles. The van der Waals surface area contributed by atoms with Gasteiger partial charge in [0.1, 0.15) is 23.2 Å². The molecule has 55 heavy (non-hydrogen) atoms. The van der Waals surface area contributed by atoms with E-state index in [4.69, 9.17) is 4.74 Å². The normalized spacial score (nSPS) is 34.4. The van der Waals surface area contributed by atoms with Crippen LogP contribution < -0.4 is 10.1 Å². The van der Waals surface area contributed by atoms with E-state index in [9.17, 15) is 22.8 Å². The molecule has 13 heteroatoms. The van der Waals surface area contributed by atoms with E-state index in [2.05, 4.69) is 19.9 Å². The number of hydrogen-bond donors (Lipinski definition) is 1. The number of benzene rings is 1. The van der Waals surface area contributed by atoms with Crippen LogP contribution in [0, 0.1) is 23.7 Å². The summed E-state index contributed by atoms with van der Waals surface area (Å²) >= 11 is 0. The Morgan fingerprint density at radius 1 is 0.909 bits per heavy atom. The van der Waals surface area contributed by atoms with Gasteiger partial charge < -0.3 is 14.6 Å². The van der Waals surface area contributed by atoms with E-state index >= 15 is 8.78 Å². The maximum atomic E-state index is 15.5. The molecule has 8 nitrogen and oxygen atoms in total. The lowest BCUT2D eigenvalue weighted by Crippen LogP contribution is -2.69. The third-order valence-electron chi connectivity index (χ3n) is 14.2. The molecule has 10 rings (SSSR count). The fourth-order valence-corrected chi connectivity index (χ4v) is 11.7. The van der Waals surface area contributed by atoms with E-state index < -0.39 is 35.2 Å². The summed E-state index contributed by atoms with van der Waals surface area (Å²) in [7, 11) is 0. The molecule has 0 unspecified atom stereocenters. The lowest BCUT2D eigenvalue weighted by molar-refractivity contribution is -0.151. The van der Waals surface area contributed by atoms with Gasteiger partial charge >= 0.3 is 0 Å². The fourth-order valence-electron chi connectivity index (χ4n) is 11.7. The highest BCUT2D eigenvalue weighted by molar-refractivity contribution is 6.01. The number of hydrogen-bond acceptors (Lipinski definition) is 6. The van der Waals surface area contributed by atoms with Gasteiger partial charge in [0.2, 0.25) is 0 Å². The topological polar surface area (TPSA) is 89.3 Å². The van der Waals surface area contributed by atoms with E-state index in [-0.39, 0.29) is 60.3 Å². The number of amides is 1. The van der Waals surface area contributed by atoms with Crippen molar-refractivity contribution in [3.63, 3.8) is 0 Å². The second-order valence-electron chi connectivity index (χ2n) is 17.9. The van der Waals surface area contributed by atoms with Crippen molar-refractivity contribution < 1.29 is 36.3 Å². The molecule has 1 aromatic carbocycles. The minimum Gasteiger partial charge on any atom is -0.490 e. The summed E-state index contributed by atoms with van der Waals surface area (Å²) in [6, 6.07) is 5.72. The van der Waals surface area contributed by atoms with Crippen molar-refractivity contribution in [1.82, 2.24) is 24.8 Å². The van der Waals surface area contributed by atoms with Gasteiger partial charge in [-0.2, -0.15) is 8.78 Å². The zero-order valence-electron chi connectivity index (χ0n) is 31.5. The fraction of sp³-hybridized carbons (Fsp3) is 0.667. The van der Waals surface area contributed by atoms with Gasteiger partial charge in [0.05, 0.1) is 30.3 Å². The molecule has 3 aromatic rings. The molecule has 1 saturated heterocycles. The first kappa shape index (κ1) is 37.0. The molecule has 0 spiro atoms. The van der Waals surface area contributed by atoms with Crippen molar-refractivity contribution in [3.8, 4) is 17.1 Å². The van der Waals surface area contributed by atoms with Gasteiger partial charge in [-0.05, 0) is 126 Å². The van der Waals surface area contributed by atoms with Crippen LogP contribution in [0.15, 0.2) is 30.6 Å². The average Bonchev–Trinajstić information content (AvgIpc) is 3.50.